The first-order valence-electron chi connectivity index (χ1n) is 12.9. The SMILES string of the molecule is CNC(=O)CCC(C=O)N1Cc2c(SCc3ccc(CN4CC(C)CC(C)C4)cc3)cccc2C1=O. The molecule has 3 atom stereocenters. The van der Waals surface area contributed by atoms with E-state index in [2.05, 4.69) is 48.3 Å². The molecule has 3 unspecified atom stereocenters. The van der Waals surface area contributed by atoms with Crippen molar-refractivity contribution in [2.24, 2.45) is 11.8 Å². The maximum absolute atomic E-state index is 13.0. The molecule has 0 saturated carbocycles. The Balaban J connectivity index is 1.37. The van der Waals surface area contributed by atoms with Crippen LogP contribution in [0, 0.1) is 11.8 Å². The molecule has 0 spiro atoms. The van der Waals surface area contributed by atoms with Crippen LogP contribution in [0.3, 0.4) is 0 Å². The summed E-state index contributed by atoms with van der Waals surface area (Å²) in [6, 6.07) is 14.1. The number of piperidine rings is 1. The normalized spacial score (nSPS) is 20.8. The number of likely N-dealkylation sites (tertiary alicyclic amines) is 1. The maximum Gasteiger partial charge on any atom is 0.255 e. The van der Waals surface area contributed by atoms with Crippen LogP contribution in [0.1, 0.15) is 60.2 Å². The molecule has 7 heteroatoms. The highest BCUT2D eigenvalue weighted by atomic mass is 32.2. The zero-order chi connectivity index (χ0) is 25.7. The molecule has 2 aromatic rings. The molecule has 2 aromatic carbocycles. The summed E-state index contributed by atoms with van der Waals surface area (Å²) in [7, 11) is 1.57. The number of fused-ring (bicyclic) bond motifs is 1. The molecular formula is C29H37N3O3S. The van der Waals surface area contributed by atoms with Gasteiger partial charge in [0.05, 0.1) is 6.04 Å². The van der Waals surface area contributed by atoms with Crippen molar-refractivity contribution in [2.75, 3.05) is 20.1 Å². The van der Waals surface area contributed by atoms with E-state index in [0.717, 1.165) is 40.9 Å². The summed E-state index contributed by atoms with van der Waals surface area (Å²) < 4.78 is 0. The monoisotopic (exact) mass is 507 g/mol. The zero-order valence-corrected chi connectivity index (χ0v) is 22.4. The van der Waals surface area contributed by atoms with Crippen LogP contribution in [0.15, 0.2) is 47.4 Å². The number of amides is 2. The summed E-state index contributed by atoms with van der Waals surface area (Å²) in [6.45, 7) is 8.45. The van der Waals surface area contributed by atoms with Crippen LogP contribution in [0.2, 0.25) is 0 Å². The van der Waals surface area contributed by atoms with E-state index in [1.807, 2.05) is 18.2 Å². The van der Waals surface area contributed by atoms with Gasteiger partial charge < -0.3 is 15.0 Å². The number of aldehydes is 1. The van der Waals surface area contributed by atoms with Crippen molar-refractivity contribution in [3.05, 3.63) is 64.7 Å². The Hall–Kier alpha value is -2.64. The van der Waals surface area contributed by atoms with Crippen LogP contribution in [0.4, 0.5) is 0 Å². The van der Waals surface area contributed by atoms with Crippen LogP contribution in [0.5, 0.6) is 0 Å². The number of thioether (sulfide) groups is 1. The molecule has 36 heavy (non-hydrogen) atoms. The zero-order valence-electron chi connectivity index (χ0n) is 21.5. The smallest absolute Gasteiger partial charge is 0.255 e. The summed E-state index contributed by atoms with van der Waals surface area (Å²) in [4.78, 5) is 41.6. The van der Waals surface area contributed by atoms with E-state index in [4.69, 9.17) is 0 Å². The standard InChI is InChI=1S/C29H37N3O3S/c1-20-13-21(2)15-31(14-20)16-22-7-9-23(10-8-22)19-36-27-6-4-5-25-26(27)17-32(29(25)35)24(18-33)11-12-28(34)30-3/h4-10,18,20-21,24H,11-17,19H2,1-3H3,(H,30,34). The summed E-state index contributed by atoms with van der Waals surface area (Å²) >= 11 is 1.72. The number of benzene rings is 2. The second-order valence-corrected chi connectivity index (χ2v) is 11.4. The molecule has 192 valence electrons. The Morgan fingerprint density at radius 1 is 1.11 bits per heavy atom. The molecule has 1 fully saturated rings. The third-order valence-electron chi connectivity index (χ3n) is 7.22. The van der Waals surface area contributed by atoms with Gasteiger partial charge in [0, 0.05) is 55.9 Å². The fourth-order valence-electron chi connectivity index (χ4n) is 5.51. The van der Waals surface area contributed by atoms with Crippen LogP contribution in [-0.2, 0) is 28.4 Å². The summed E-state index contributed by atoms with van der Waals surface area (Å²) in [5.41, 5.74) is 4.24. The molecule has 1 N–H and O–H groups in total. The molecule has 0 aliphatic carbocycles. The van der Waals surface area contributed by atoms with E-state index in [1.165, 1.54) is 30.6 Å². The van der Waals surface area contributed by atoms with Gasteiger partial charge in [0.15, 0.2) is 0 Å². The molecule has 4 rings (SSSR count). The minimum Gasteiger partial charge on any atom is -0.359 e. The number of carbonyl (C=O) groups excluding carboxylic acids is 3. The van der Waals surface area contributed by atoms with Gasteiger partial charge in [-0.1, -0.05) is 44.2 Å². The van der Waals surface area contributed by atoms with Gasteiger partial charge in [0.1, 0.15) is 6.29 Å². The van der Waals surface area contributed by atoms with Crippen molar-refractivity contribution in [3.8, 4) is 0 Å². The van der Waals surface area contributed by atoms with Crippen LogP contribution in [0.25, 0.3) is 0 Å². The second-order valence-electron chi connectivity index (χ2n) is 10.4. The quantitative estimate of drug-likeness (QED) is 0.379. The van der Waals surface area contributed by atoms with Crippen molar-refractivity contribution >= 4 is 29.9 Å². The van der Waals surface area contributed by atoms with Crippen molar-refractivity contribution in [1.29, 1.82) is 0 Å². The highest BCUT2D eigenvalue weighted by Crippen LogP contribution is 2.35. The van der Waals surface area contributed by atoms with E-state index in [-0.39, 0.29) is 18.2 Å². The lowest BCUT2D eigenvalue weighted by atomic mass is 9.91. The van der Waals surface area contributed by atoms with Crippen molar-refractivity contribution in [1.82, 2.24) is 15.1 Å². The Labute approximate surface area is 218 Å². The van der Waals surface area contributed by atoms with Gasteiger partial charge in [0.25, 0.3) is 5.91 Å². The topological polar surface area (TPSA) is 69.7 Å². The van der Waals surface area contributed by atoms with Gasteiger partial charge in [-0.05, 0) is 53.5 Å². The molecule has 0 aromatic heterocycles. The average molecular weight is 508 g/mol. The minimum atomic E-state index is -0.599. The molecule has 2 aliphatic rings. The number of nitrogens with zero attached hydrogens (tertiary/aromatic N) is 2. The largest absolute Gasteiger partial charge is 0.359 e. The fraction of sp³-hybridized carbons (Fsp3) is 0.483. The predicted octanol–water partition coefficient (Wildman–Crippen LogP) is 4.51. The minimum absolute atomic E-state index is 0.131. The molecule has 0 bridgehead atoms. The fourth-order valence-corrected chi connectivity index (χ4v) is 6.55. The molecule has 2 aliphatic heterocycles. The predicted molar refractivity (Wildman–Crippen MR) is 144 cm³/mol. The first-order chi connectivity index (χ1) is 17.4. The lowest BCUT2D eigenvalue weighted by Crippen LogP contribution is -2.38. The summed E-state index contributed by atoms with van der Waals surface area (Å²) in [6.07, 6.45) is 2.65. The molecule has 6 nitrogen and oxygen atoms in total. The van der Waals surface area contributed by atoms with Crippen molar-refractivity contribution in [2.45, 2.75) is 62.9 Å². The molecule has 1 saturated heterocycles. The lowest BCUT2D eigenvalue weighted by Gasteiger charge is -2.35. The third kappa shape index (κ3) is 6.37. The number of nitrogens with one attached hydrogen (secondary N) is 1. The molecule has 0 radical (unpaired) electrons. The second kappa shape index (κ2) is 12.1. The van der Waals surface area contributed by atoms with Gasteiger partial charge in [-0.15, -0.1) is 11.8 Å². The Morgan fingerprint density at radius 3 is 2.47 bits per heavy atom. The number of hydrogen-bond acceptors (Lipinski definition) is 5. The molecule has 2 amide bonds. The van der Waals surface area contributed by atoms with Crippen LogP contribution >= 0.6 is 11.8 Å². The van der Waals surface area contributed by atoms with Gasteiger partial charge in [-0.2, -0.15) is 0 Å². The van der Waals surface area contributed by atoms with Gasteiger partial charge in [-0.3, -0.25) is 14.5 Å². The Bertz CT molecular complexity index is 1080. The van der Waals surface area contributed by atoms with Gasteiger partial charge in [-0.25, -0.2) is 0 Å². The Kier molecular flexibility index (Phi) is 8.86. The molecular weight excluding hydrogens is 470 g/mol. The highest BCUT2D eigenvalue weighted by Gasteiger charge is 2.34. The van der Waals surface area contributed by atoms with E-state index in [1.54, 1.807) is 23.7 Å². The number of rotatable bonds is 10. The average Bonchev–Trinajstić information content (AvgIpc) is 3.20. The van der Waals surface area contributed by atoms with Crippen LogP contribution in [-0.4, -0.2) is 54.1 Å². The number of carbonyl (C=O) groups is 3. The summed E-state index contributed by atoms with van der Waals surface area (Å²) in [5, 5.41) is 2.57. The first kappa shape index (κ1) is 26.4. The Morgan fingerprint density at radius 2 is 1.81 bits per heavy atom. The highest BCUT2D eigenvalue weighted by molar-refractivity contribution is 7.98. The first-order valence-corrected chi connectivity index (χ1v) is 13.9. The van der Waals surface area contributed by atoms with E-state index in [9.17, 15) is 14.4 Å². The van der Waals surface area contributed by atoms with E-state index >= 15 is 0 Å². The van der Waals surface area contributed by atoms with Gasteiger partial charge >= 0.3 is 0 Å². The third-order valence-corrected chi connectivity index (χ3v) is 8.40. The van der Waals surface area contributed by atoms with Crippen molar-refractivity contribution in [3.63, 3.8) is 0 Å². The van der Waals surface area contributed by atoms with E-state index < -0.39 is 6.04 Å². The maximum atomic E-state index is 13.0. The number of hydrogen-bond donors (Lipinski definition) is 1. The lowest BCUT2D eigenvalue weighted by molar-refractivity contribution is -0.121. The van der Waals surface area contributed by atoms with Crippen molar-refractivity contribution < 1.29 is 14.4 Å². The van der Waals surface area contributed by atoms with E-state index in [0.29, 0.717) is 18.5 Å². The van der Waals surface area contributed by atoms with Gasteiger partial charge in [0.2, 0.25) is 5.91 Å². The summed E-state index contributed by atoms with van der Waals surface area (Å²) in [5.74, 6) is 2.08. The molecule has 2 heterocycles. The van der Waals surface area contributed by atoms with Crippen LogP contribution < -0.4 is 5.32 Å².